The molecule has 22 heavy (non-hydrogen) atoms. The molecule has 1 aliphatic heterocycles. The van der Waals surface area contributed by atoms with Crippen LogP contribution in [0.25, 0.3) is 0 Å². The van der Waals surface area contributed by atoms with Gasteiger partial charge in [0, 0.05) is 25.2 Å². The summed E-state index contributed by atoms with van der Waals surface area (Å²) < 4.78 is 37.9. The topological polar surface area (TPSA) is 45.8 Å². The molecule has 2 unspecified atom stereocenters. The van der Waals surface area contributed by atoms with Gasteiger partial charge in [-0.3, -0.25) is 4.90 Å². The summed E-state index contributed by atoms with van der Waals surface area (Å²) in [6.07, 6.45) is 0.272. The molecular formula is C16H17F2NO3. The van der Waals surface area contributed by atoms with Crippen LogP contribution in [0.2, 0.25) is 0 Å². The van der Waals surface area contributed by atoms with Crippen molar-refractivity contribution in [2.75, 3.05) is 26.2 Å². The lowest BCUT2D eigenvalue weighted by Crippen LogP contribution is -2.40. The van der Waals surface area contributed by atoms with Gasteiger partial charge in [-0.2, -0.15) is 0 Å². The van der Waals surface area contributed by atoms with Crippen LogP contribution in [0, 0.1) is 11.6 Å². The Kier molecular flexibility index (Phi) is 4.52. The van der Waals surface area contributed by atoms with Crippen molar-refractivity contribution in [2.24, 2.45) is 0 Å². The van der Waals surface area contributed by atoms with Crippen LogP contribution in [0.1, 0.15) is 23.5 Å². The molecule has 1 aromatic carbocycles. The molecule has 2 aromatic rings. The molecule has 3 rings (SSSR count). The highest BCUT2D eigenvalue weighted by Crippen LogP contribution is 2.25. The van der Waals surface area contributed by atoms with Crippen LogP contribution in [0.4, 0.5) is 8.78 Å². The van der Waals surface area contributed by atoms with E-state index in [-0.39, 0.29) is 18.2 Å². The van der Waals surface area contributed by atoms with Gasteiger partial charge in [0.1, 0.15) is 23.5 Å². The summed E-state index contributed by atoms with van der Waals surface area (Å²) in [5.41, 5.74) is -0.0268. The number of halogens is 2. The second-order valence-corrected chi connectivity index (χ2v) is 5.32. The Morgan fingerprint density at radius 2 is 2.18 bits per heavy atom. The van der Waals surface area contributed by atoms with Crippen molar-refractivity contribution in [3.05, 3.63) is 59.6 Å². The average Bonchev–Trinajstić information content (AvgIpc) is 3.04. The molecule has 1 N–H and O–H groups in total. The summed E-state index contributed by atoms with van der Waals surface area (Å²) in [7, 11) is 0. The number of β-amino-alcohol motifs (C(OH)–C–C–N with tert-alkyl or cyclic N) is 1. The van der Waals surface area contributed by atoms with Crippen LogP contribution in [0.3, 0.4) is 0 Å². The third-order valence-corrected chi connectivity index (χ3v) is 3.76. The molecule has 2 heterocycles. The first-order valence-corrected chi connectivity index (χ1v) is 7.14. The van der Waals surface area contributed by atoms with Gasteiger partial charge in [0.2, 0.25) is 0 Å². The van der Waals surface area contributed by atoms with Gasteiger partial charge in [0.05, 0.1) is 19.0 Å². The van der Waals surface area contributed by atoms with E-state index in [1.54, 1.807) is 12.3 Å². The minimum absolute atomic E-state index is 0.0268. The smallest absolute Gasteiger partial charge is 0.133 e. The molecule has 118 valence electrons. The van der Waals surface area contributed by atoms with E-state index in [0.29, 0.717) is 19.7 Å². The lowest BCUT2D eigenvalue weighted by Gasteiger charge is -2.33. The predicted octanol–water partition coefficient (Wildman–Crippen LogP) is 2.66. The van der Waals surface area contributed by atoms with Crippen molar-refractivity contribution < 1.29 is 23.0 Å². The standard InChI is InChI=1S/C16H17F2NO3/c17-11-3-4-13(18)12(8-11)14(20)9-19-5-7-22-16(10-19)15-2-1-6-21-15/h1-4,6,8,14,16,20H,5,7,9-10H2. The molecule has 0 bridgehead atoms. The lowest BCUT2D eigenvalue weighted by atomic mass is 10.1. The highest BCUT2D eigenvalue weighted by atomic mass is 19.1. The van der Waals surface area contributed by atoms with E-state index in [4.69, 9.17) is 9.15 Å². The first-order valence-electron chi connectivity index (χ1n) is 7.14. The highest BCUT2D eigenvalue weighted by molar-refractivity contribution is 5.21. The average molecular weight is 309 g/mol. The molecular weight excluding hydrogens is 292 g/mol. The Morgan fingerprint density at radius 1 is 1.32 bits per heavy atom. The molecule has 2 atom stereocenters. The van der Waals surface area contributed by atoms with Crippen LogP contribution in [-0.4, -0.2) is 36.2 Å². The lowest BCUT2D eigenvalue weighted by molar-refractivity contribution is -0.0513. The molecule has 0 radical (unpaired) electrons. The summed E-state index contributed by atoms with van der Waals surface area (Å²) >= 11 is 0. The minimum Gasteiger partial charge on any atom is -0.467 e. The third kappa shape index (κ3) is 3.35. The van der Waals surface area contributed by atoms with Gasteiger partial charge in [-0.25, -0.2) is 8.78 Å². The molecule has 1 fully saturated rings. The van der Waals surface area contributed by atoms with Gasteiger partial charge in [0.25, 0.3) is 0 Å². The zero-order valence-corrected chi connectivity index (χ0v) is 11.9. The van der Waals surface area contributed by atoms with E-state index in [1.165, 1.54) is 0 Å². The van der Waals surface area contributed by atoms with Crippen LogP contribution < -0.4 is 0 Å². The SMILES string of the molecule is OC(CN1CCOC(c2ccco2)C1)c1cc(F)ccc1F. The van der Waals surface area contributed by atoms with Crippen molar-refractivity contribution >= 4 is 0 Å². The van der Waals surface area contributed by atoms with Crippen molar-refractivity contribution in [2.45, 2.75) is 12.2 Å². The van der Waals surface area contributed by atoms with Crippen molar-refractivity contribution in [1.29, 1.82) is 0 Å². The van der Waals surface area contributed by atoms with Gasteiger partial charge in [0.15, 0.2) is 0 Å². The number of furan rings is 1. The molecule has 0 amide bonds. The maximum atomic E-state index is 13.7. The van der Waals surface area contributed by atoms with E-state index in [2.05, 4.69) is 0 Å². The van der Waals surface area contributed by atoms with Gasteiger partial charge in [-0.1, -0.05) is 0 Å². The quantitative estimate of drug-likeness (QED) is 0.943. The van der Waals surface area contributed by atoms with E-state index in [1.807, 2.05) is 11.0 Å². The van der Waals surface area contributed by atoms with E-state index >= 15 is 0 Å². The molecule has 0 saturated carbocycles. The molecule has 6 heteroatoms. The van der Waals surface area contributed by atoms with Crippen LogP contribution in [0.5, 0.6) is 0 Å². The first kappa shape index (κ1) is 15.1. The minimum atomic E-state index is -1.09. The number of hydrogen-bond acceptors (Lipinski definition) is 4. The second kappa shape index (κ2) is 6.56. The summed E-state index contributed by atoms with van der Waals surface area (Å²) in [6.45, 7) is 1.84. The maximum Gasteiger partial charge on any atom is 0.133 e. The van der Waals surface area contributed by atoms with E-state index in [0.717, 1.165) is 24.0 Å². The Morgan fingerprint density at radius 3 is 2.95 bits per heavy atom. The summed E-state index contributed by atoms with van der Waals surface area (Å²) in [6, 6.07) is 6.71. The monoisotopic (exact) mass is 309 g/mol. The predicted molar refractivity (Wildman–Crippen MR) is 75.2 cm³/mol. The molecule has 4 nitrogen and oxygen atoms in total. The fraction of sp³-hybridized carbons (Fsp3) is 0.375. The molecule has 1 aliphatic rings. The number of aliphatic hydroxyl groups excluding tert-OH is 1. The van der Waals surface area contributed by atoms with Crippen molar-refractivity contribution in [3.63, 3.8) is 0 Å². The Bertz CT molecular complexity index is 618. The number of nitrogens with zero attached hydrogens (tertiary/aromatic N) is 1. The van der Waals surface area contributed by atoms with Crippen LogP contribution >= 0.6 is 0 Å². The zero-order chi connectivity index (χ0) is 15.5. The fourth-order valence-electron chi connectivity index (χ4n) is 2.63. The first-order chi connectivity index (χ1) is 10.6. The Balaban J connectivity index is 1.66. The maximum absolute atomic E-state index is 13.7. The van der Waals surface area contributed by atoms with Crippen LogP contribution in [-0.2, 0) is 4.74 Å². The summed E-state index contributed by atoms with van der Waals surface area (Å²) in [5.74, 6) is -0.452. The van der Waals surface area contributed by atoms with Gasteiger partial charge < -0.3 is 14.3 Å². The van der Waals surface area contributed by atoms with Gasteiger partial charge in [-0.15, -0.1) is 0 Å². The number of aliphatic hydroxyl groups is 1. The number of morpholine rings is 1. The Hall–Kier alpha value is -1.76. The van der Waals surface area contributed by atoms with Crippen LogP contribution in [0.15, 0.2) is 41.0 Å². The summed E-state index contributed by atoms with van der Waals surface area (Å²) in [4.78, 5) is 1.95. The number of ether oxygens (including phenoxy) is 1. The number of benzene rings is 1. The van der Waals surface area contributed by atoms with E-state index in [9.17, 15) is 13.9 Å². The summed E-state index contributed by atoms with van der Waals surface area (Å²) in [5, 5.41) is 10.2. The van der Waals surface area contributed by atoms with Gasteiger partial charge >= 0.3 is 0 Å². The molecule has 0 spiro atoms. The highest BCUT2D eigenvalue weighted by Gasteiger charge is 2.26. The van der Waals surface area contributed by atoms with Gasteiger partial charge in [-0.05, 0) is 30.3 Å². The van der Waals surface area contributed by atoms with Crippen molar-refractivity contribution in [3.8, 4) is 0 Å². The molecule has 0 aliphatic carbocycles. The van der Waals surface area contributed by atoms with Crippen molar-refractivity contribution in [1.82, 2.24) is 4.90 Å². The zero-order valence-electron chi connectivity index (χ0n) is 11.9. The molecule has 1 aromatic heterocycles. The normalized spacial score (nSPS) is 21.0. The molecule has 1 saturated heterocycles. The largest absolute Gasteiger partial charge is 0.467 e. The Labute approximate surface area is 126 Å². The second-order valence-electron chi connectivity index (χ2n) is 5.32. The fourth-order valence-corrected chi connectivity index (χ4v) is 2.63. The third-order valence-electron chi connectivity index (χ3n) is 3.76. The van der Waals surface area contributed by atoms with E-state index < -0.39 is 17.7 Å². The number of rotatable bonds is 4. The number of hydrogen-bond donors (Lipinski definition) is 1.